The summed E-state index contributed by atoms with van der Waals surface area (Å²) < 4.78 is 30.6. The molecule has 1 aromatic heterocycles. The Balaban J connectivity index is 2.53. The molecule has 0 fully saturated rings. The van der Waals surface area contributed by atoms with Crippen LogP contribution in [0.4, 0.5) is 11.4 Å². The van der Waals surface area contributed by atoms with Crippen LogP contribution < -0.4 is 0 Å². The van der Waals surface area contributed by atoms with Crippen LogP contribution in [0, 0.1) is 0 Å². The van der Waals surface area contributed by atoms with Gasteiger partial charge in [-0.25, -0.2) is 9.49 Å². The van der Waals surface area contributed by atoms with Crippen molar-refractivity contribution in [3.05, 3.63) is 36.4 Å². The molecule has 0 amide bonds. The molecule has 0 spiro atoms. The van der Waals surface area contributed by atoms with E-state index in [0.717, 1.165) is 33.3 Å². The highest BCUT2D eigenvalue weighted by atomic mass is 31.2. The SMILES string of the molecule is CN(C)P(=Nc1cccc2oc3cccc(N=P(N(C)C)(N(C)C)N(C)C)c3c12)(N(C)C)N(C)C. The highest BCUT2D eigenvalue weighted by Gasteiger charge is 2.31. The summed E-state index contributed by atoms with van der Waals surface area (Å²) in [5.41, 5.74) is 3.47. The van der Waals surface area contributed by atoms with Gasteiger partial charge >= 0.3 is 0 Å². The summed E-state index contributed by atoms with van der Waals surface area (Å²) in [6, 6.07) is 12.3. The highest BCUT2D eigenvalue weighted by molar-refractivity contribution is 7.59. The maximum atomic E-state index is 6.35. The van der Waals surface area contributed by atoms with Gasteiger partial charge in [0.2, 0.25) is 0 Å². The molecule has 1 heterocycles. The van der Waals surface area contributed by atoms with E-state index in [-0.39, 0.29) is 0 Å². The molecule has 11 heteroatoms. The van der Waals surface area contributed by atoms with Crippen molar-refractivity contribution in [3.63, 3.8) is 0 Å². The molecule has 35 heavy (non-hydrogen) atoms. The van der Waals surface area contributed by atoms with Crippen LogP contribution in [-0.4, -0.2) is 113 Å². The lowest BCUT2D eigenvalue weighted by Gasteiger charge is -2.41. The molecule has 0 aliphatic rings. The molecule has 0 N–H and O–H groups in total. The zero-order chi connectivity index (χ0) is 26.3. The third-order valence-corrected chi connectivity index (χ3v) is 13.6. The Morgan fingerprint density at radius 1 is 0.486 bits per heavy atom. The minimum Gasteiger partial charge on any atom is -0.456 e. The Bertz CT molecular complexity index is 1150. The molecule has 0 saturated carbocycles. The van der Waals surface area contributed by atoms with Crippen LogP contribution in [0.5, 0.6) is 0 Å². The Morgan fingerprint density at radius 3 is 1.03 bits per heavy atom. The number of rotatable bonds is 8. The number of benzene rings is 2. The van der Waals surface area contributed by atoms with Crippen molar-refractivity contribution in [1.29, 1.82) is 0 Å². The Morgan fingerprint density at radius 2 is 0.771 bits per heavy atom. The summed E-state index contributed by atoms with van der Waals surface area (Å²) in [5.74, 6) is 0. The van der Waals surface area contributed by atoms with E-state index in [1.807, 2.05) is 24.3 Å². The largest absolute Gasteiger partial charge is 0.456 e. The summed E-state index contributed by atoms with van der Waals surface area (Å²) >= 11 is 0. The number of furan rings is 1. The van der Waals surface area contributed by atoms with Crippen molar-refractivity contribution < 1.29 is 4.42 Å². The van der Waals surface area contributed by atoms with Crippen LogP contribution in [-0.2, 0) is 0 Å². The minimum absolute atomic E-state index is 0.821. The fourth-order valence-corrected chi connectivity index (χ4v) is 11.2. The van der Waals surface area contributed by atoms with Gasteiger partial charge in [-0.2, -0.15) is 0 Å². The van der Waals surface area contributed by atoms with Crippen molar-refractivity contribution in [3.8, 4) is 0 Å². The average molecular weight is 521 g/mol. The molecule has 0 bridgehead atoms. The second kappa shape index (κ2) is 10.4. The van der Waals surface area contributed by atoms with E-state index in [9.17, 15) is 0 Å². The zero-order valence-corrected chi connectivity index (χ0v) is 25.1. The highest BCUT2D eigenvalue weighted by Crippen LogP contribution is 2.60. The molecule has 0 saturated heterocycles. The Kier molecular flexibility index (Phi) is 8.37. The van der Waals surface area contributed by atoms with Gasteiger partial charge in [0.1, 0.15) is 11.2 Å². The molecule has 0 aliphatic heterocycles. The molecule has 3 aromatic rings. The zero-order valence-electron chi connectivity index (χ0n) is 23.3. The van der Waals surface area contributed by atoms with Gasteiger partial charge < -0.3 is 4.42 Å². The standard InChI is InChI=1S/C24H42N8OP2/c1-27(2)34(28(3)4,29(5)6)25-19-15-13-17-21-23(19)24-20(16-14-18-22(24)33-21)26-35(30(7)8,31(9)10)32(11)12/h13-18H,1-12H3. The maximum Gasteiger partial charge on any atom is 0.171 e. The Hall–Kier alpha value is -1.54. The number of nitrogens with zero attached hydrogens (tertiary/aromatic N) is 8. The van der Waals surface area contributed by atoms with E-state index in [0.29, 0.717) is 0 Å². The van der Waals surface area contributed by atoms with Crippen LogP contribution in [0.3, 0.4) is 0 Å². The van der Waals surface area contributed by atoms with Gasteiger partial charge in [-0.05, 0) is 109 Å². The molecule has 194 valence electrons. The fraction of sp³-hybridized carbons (Fsp3) is 0.500. The van der Waals surface area contributed by atoms with Crippen LogP contribution in [0.25, 0.3) is 21.9 Å². The van der Waals surface area contributed by atoms with Gasteiger partial charge in [0.05, 0.1) is 22.1 Å². The first-order valence-electron chi connectivity index (χ1n) is 11.6. The fourth-order valence-electron chi connectivity index (χ4n) is 4.97. The summed E-state index contributed by atoms with van der Waals surface area (Å²) in [7, 11) is 20.8. The van der Waals surface area contributed by atoms with Crippen molar-refractivity contribution in [2.45, 2.75) is 0 Å². The topological polar surface area (TPSA) is 57.3 Å². The number of fused-ring (bicyclic) bond motifs is 3. The molecular weight excluding hydrogens is 478 g/mol. The Labute approximate surface area is 211 Å². The monoisotopic (exact) mass is 520 g/mol. The molecule has 0 radical (unpaired) electrons. The smallest absolute Gasteiger partial charge is 0.171 e. The first-order chi connectivity index (χ1) is 16.3. The molecular formula is C24H42N8OP2. The maximum absolute atomic E-state index is 6.35. The minimum atomic E-state index is -2.16. The molecule has 0 atom stereocenters. The molecule has 2 aromatic carbocycles. The molecule has 0 aliphatic carbocycles. The number of hydrogen-bond acceptors (Lipinski definition) is 3. The van der Waals surface area contributed by atoms with Crippen molar-refractivity contribution in [2.24, 2.45) is 9.49 Å². The molecule has 9 nitrogen and oxygen atoms in total. The van der Waals surface area contributed by atoms with Gasteiger partial charge in [-0.1, -0.05) is 12.1 Å². The van der Waals surface area contributed by atoms with Crippen molar-refractivity contribution in [1.82, 2.24) is 28.0 Å². The third kappa shape index (κ3) is 4.65. The van der Waals surface area contributed by atoms with Crippen LogP contribution >= 0.6 is 15.0 Å². The van der Waals surface area contributed by atoms with E-state index in [1.54, 1.807) is 0 Å². The predicted octanol–water partition coefficient (Wildman–Crippen LogP) is 6.11. The third-order valence-electron chi connectivity index (χ3n) is 6.18. The first-order valence-corrected chi connectivity index (χ1v) is 14.8. The van der Waals surface area contributed by atoms with E-state index in [1.165, 1.54) is 0 Å². The summed E-state index contributed by atoms with van der Waals surface area (Å²) in [6.07, 6.45) is 0. The van der Waals surface area contributed by atoms with Crippen LogP contribution in [0.2, 0.25) is 0 Å². The second-order valence-electron chi connectivity index (χ2n) is 9.76. The van der Waals surface area contributed by atoms with E-state index in [2.05, 4.69) is 125 Å². The van der Waals surface area contributed by atoms with Gasteiger partial charge in [-0.15, -0.1) is 0 Å². The average Bonchev–Trinajstić information content (AvgIpc) is 3.14. The normalized spacial score (nSPS) is 13.5. The van der Waals surface area contributed by atoms with Crippen LogP contribution in [0.1, 0.15) is 0 Å². The molecule has 0 unspecified atom stereocenters. The van der Waals surface area contributed by atoms with E-state index < -0.39 is 15.0 Å². The quantitative estimate of drug-likeness (QED) is 0.332. The first kappa shape index (κ1) is 28.0. The van der Waals surface area contributed by atoms with Gasteiger partial charge in [0, 0.05) is 0 Å². The van der Waals surface area contributed by atoms with Crippen molar-refractivity contribution >= 4 is 48.3 Å². The summed E-state index contributed by atoms with van der Waals surface area (Å²) in [4.78, 5) is 0. The summed E-state index contributed by atoms with van der Waals surface area (Å²) in [6.45, 7) is 0. The summed E-state index contributed by atoms with van der Waals surface area (Å²) in [5, 5.41) is 2.01. The van der Waals surface area contributed by atoms with Gasteiger partial charge in [0.15, 0.2) is 15.0 Å². The van der Waals surface area contributed by atoms with Crippen LogP contribution in [0.15, 0.2) is 50.3 Å². The molecule has 3 rings (SSSR count). The predicted molar refractivity (Wildman–Crippen MR) is 154 cm³/mol. The van der Waals surface area contributed by atoms with E-state index in [4.69, 9.17) is 13.9 Å². The number of hydrogen-bond donors (Lipinski definition) is 0. The van der Waals surface area contributed by atoms with Gasteiger partial charge in [-0.3, -0.25) is 28.0 Å². The van der Waals surface area contributed by atoms with Gasteiger partial charge in [0.25, 0.3) is 0 Å². The lowest BCUT2D eigenvalue weighted by atomic mass is 10.1. The lowest BCUT2D eigenvalue weighted by molar-refractivity contribution is 0.474. The van der Waals surface area contributed by atoms with E-state index >= 15 is 0 Å². The lowest BCUT2D eigenvalue weighted by Crippen LogP contribution is -2.30. The second-order valence-corrected chi connectivity index (χ2v) is 17.1. The van der Waals surface area contributed by atoms with Crippen molar-refractivity contribution in [2.75, 3.05) is 84.6 Å².